The second-order valence-corrected chi connectivity index (χ2v) is 3.77. The summed E-state index contributed by atoms with van der Waals surface area (Å²) in [7, 11) is 0. The zero-order valence-electron chi connectivity index (χ0n) is 8.08. The molecule has 2 nitrogen and oxygen atoms in total. The minimum atomic E-state index is 0.464. The molecule has 0 spiro atoms. The quantitative estimate of drug-likeness (QED) is 0.641. The SMILES string of the molecule is CCC1CCN(C(C)CC#N)C1. The lowest BCUT2D eigenvalue weighted by Crippen LogP contribution is -2.30. The molecule has 12 heavy (non-hydrogen) atoms. The van der Waals surface area contributed by atoms with Crippen LogP contribution >= 0.6 is 0 Å². The summed E-state index contributed by atoms with van der Waals surface area (Å²) >= 11 is 0. The Bertz CT molecular complexity index is 171. The molecule has 1 saturated heterocycles. The molecule has 0 aromatic carbocycles. The van der Waals surface area contributed by atoms with Crippen LogP contribution in [0.15, 0.2) is 0 Å². The Kier molecular flexibility index (Phi) is 3.55. The summed E-state index contributed by atoms with van der Waals surface area (Å²) in [6, 6.07) is 2.70. The van der Waals surface area contributed by atoms with E-state index in [1.807, 2.05) is 0 Å². The van der Waals surface area contributed by atoms with Gasteiger partial charge in [0.25, 0.3) is 0 Å². The van der Waals surface area contributed by atoms with Crippen LogP contribution in [-0.4, -0.2) is 24.0 Å². The van der Waals surface area contributed by atoms with Crippen molar-refractivity contribution in [2.45, 2.75) is 39.2 Å². The summed E-state index contributed by atoms with van der Waals surface area (Å²) in [6.07, 6.45) is 3.29. The highest BCUT2D eigenvalue weighted by molar-refractivity contribution is 4.84. The Balaban J connectivity index is 2.31. The van der Waals surface area contributed by atoms with Crippen LogP contribution in [-0.2, 0) is 0 Å². The van der Waals surface area contributed by atoms with Crippen LogP contribution in [0.2, 0.25) is 0 Å². The minimum absolute atomic E-state index is 0.464. The highest BCUT2D eigenvalue weighted by Crippen LogP contribution is 2.21. The van der Waals surface area contributed by atoms with Gasteiger partial charge in [-0.3, -0.25) is 4.90 Å². The largest absolute Gasteiger partial charge is 0.299 e. The van der Waals surface area contributed by atoms with Crippen LogP contribution in [0.4, 0.5) is 0 Å². The van der Waals surface area contributed by atoms with E-state index in [9.17, 15) is 0 Å². The molecule has 1 aliphatic heterocycles. The first-order valence-corrected chi connectivity index (χ1v) is 4.89. The zero-order chi connectivity index (χ0) is 8.97. The molecule has 0 N–H and O–H groups in total. The molecule has 0 bridgehead atoms. The van der Waals surface area contributed by atoms with E-state index in [1.165, 1.54) is 25.9 Å². The number of nitrogens with zero attached hydrogens (tertiary/aromatic N) is 2. The van der Waals surface area contributed by atoms with E-state index in [0.717, 1.165) is 5.92 Å². The molecule has 1 aliphatic rings. The fourth-order valence-corrected chi connectivity index (χ4v) is 1.86. The second-order valence-electron chi connectivity index (χ2n) is 3.77. The summed E-state index contributed by atoms with van der Waals surface area (Å²) < 4.78 is 0. The number of hydrogen-bond acceptors (Lipinski definition) is 2. The van der Waals surface area contributed by atoms with Gasteiger partial charge in [0, 0.05) is 12.6 Å². The number of rotatable bonds is 3. The van der Waals surface area contributed by atoms with Crippen LogP contribution in [0.3, 0.4) is 0 Å². The highest BCUT2D eigenvalue weighted by Gasteiger charge is 2.24. The average molecular weight is 166 g/mol. The van der Waals surface area contributed by atoms with Gasteiger partial charge in [0.1, 0.15) is 0 Å². The molecule has 1 fully saturated rings. The molecule has 0 amide bonds. The molecule has 2 atom stereocenters. The predicted octanol–water partition coefficient (Wildman–Crippen LogP) is 2.02. The second kappa shape index (κ2) is 4.47. The third-order valence-electron chi connectivity index (χ3n) is 2.90. The lowest BCUT2D eigenvalue weighted by molar-refractivity contribution is 0.251. The first-order chi connectivity index (χ1) is 5.77. The van der Waals surface area contributed by atoms with Crippen LogP contribution < -0.4 is 0 Å². The van der Waals surface area contributed by atoms with Gasteiger partial charge in [0.05, 0.1) is 12.5 Å². The van der Waals surface area contributed by atoms with Crippen molar-refractivity contribution in [2.75, 3.05) is 13.1 Å². The first kappa shape index (κ1) is 9.54. The smallest absolute Gasteiger partial charge is 0.0638 e. The molecule has 0 aromatic heterocycles. The van der Waals surface area contributed by atoms with E-state index in [0.29, 0.717) is 12.5 Å². The molecule has 0 aliphatic carbocycles. The van der Waals surface area contributed by atoms with Gasteiger partial charge in [-0.1, -0.05) is 13.3 Å². The van der Waals surface area contributed by atoms with Crippen molar-refractivity contribution in [3.05, 3.63) is 0 Å². The number of likely N-dealkylation sites (tertiary alicyclic amines) is 1. The van der Waals surface area contributed by atoms with Crippen molar-refractivity contribution in [3.63, 3.8) is 0 Å². The van der Waals surface area contributed by atoms with E-state index in [4.69, 9.17) is 5.26 Å². The Morgan fingerprint density at radius 3 is 2.92 bits per heavy atom. The molecule has 0 saturated carbocycles. The van der Waals surface area contributed by atoms with Crippen molar-refractivity contribution in [1.82, 2.24) is 4.90 Å². The van der Waals surface area contributed by atoms with Gasteiger partial charge in [-0.2, -0.15) is 5.26 Å². The van der Waals surface area contributed by atoms with Gasteiger partial charge >= 0.3 is 0 Å². The first-order valence-electron chi connectivity index (χ1n) is 4.89. The summed E-state index contributed by atoms with van der Waals surface area (Å²) in [6.45, 7) is 6.81. The normalized spacial score (nSPS) is 26.9. The topological polar surface area (TPSA) is 27.0 Å². The van der Waals surface area contributed by atoms with Crippen LogP contribution in [0.5, 0.6) is 0 Å². The van der Waals surface area contributed by atoms with Crippen LogP contribution in [0.25, 0.3) is 0 Å². The monoisotopic (exact) mass is 166 g/mol. The van der Waals surface area contributed by atoms with Crippen molar-refractivity contribution >= 4 is 0 Å². The van der Waals surface area contributed by atoms with Crippen molar-refractivity contribution in [2.24, 2.45) is 5.92 Å². The highest BCUT2D eigenvalue weighted by atomic mass is 15.2. The van der Waals surface area contributed by atoms with E-state index < -0.39 is 0 Å². The summed E-state index contributed by atoms with van der Waals surface area (Å²) in [5.74, 6) is 0.881. The van der Waals surface area contributed by atoms with E-state index in [-0.39, 0.29) is 0 Å². The molecular weight excluding hydrogens is 148 g/mol. The maximum Gasteiger partial charge on any atom is 0.0638 e. The fourth-order valence-electron chi connectivity index (χ4n) is 1.86. The molecule has 1 rings (SSSR count). The van der Waals surface area contributed by atoms with E-state index in [2.05, 4.69) is 24.8 Å². The van der Waals surface area contributed by atoms with E-state index >= 15 is 0 Å². The molecule has 68 valence electrons. The third kappa shape index (κ3) is 2.22. The number of hydrogen-bond donors (Lipinski definition) is 0. The van der Waals surface area contributed by atoms with Crippen molar-refractivity contribution < 1.29 is 0 Å². The maximum absolute atomic E-state index is 8.54. The molecule has 0 radical (unpaired) electrons. The summed E-state index contributed by atoms with van der Waals surface area (Å²) in [5, 5.41) is 8.54. The zero-order valence-corrected chi connectivity index (χ0v) is 8.08. The minimum Gasteiger partial charge on any atom is -0.299 e. The standard InChI is InChI=1S/C10H18N2/c1-3-10-5-7-12(8-10)9(2)4-6-11/h9-10H,3-5,7-8H2,1-2H3. The van der Waals surface area contributed by atoms with E-state index in [1.54, 1.807) is 0 Å². The predicted molar refractivity (Wildman–Crippen MR) is 49.7 cm³/mol. The Labute approximate surface area is 75.2 Å². The van der Waals surface area contributed by atoms with Gasteiger partial charge in [-0.15, -0.1) is 0 Å². The van der Waals surface area contributed by atoms with Crippen molar-refractivity contribution in [1.29, 1.82) is 5.26 Å². The molecule has 0 aromatic rings. The molecule has 1 heterocycles. The van der Waals surface area contributed by atoms with Gasteiger partial charge in [-0.25, -0.2) is 0 Å². The maximum atomic E-state index is 8.54. The lowest BCUT2D eigenvalue weighted by Gasteiger charge is -2.21. The van der Waals surface area contributed by atoms with Crippen molar-refractivity contribution in [3.8, 4) is 6.07 Å². The van der Waals surface area contributed by atoms with Crippen LogP contribution in [0.1, 0.15) is 33.1 Å². The number of nitriles is 1. The average Bonchev–Trinajstić information content (AvgIpc) is 2.52. The summed E-state index contributed by atoms with van der Waals surface area (Å²) in [5.41, 5.74) is 0. The Morgan fingerprint density at radius 1 is 1.67 bits per heavy atom. The molecular formula is C10H18N2. The van der Waals surface area contributed by atoms with Gasteiger partial charge in [-0.05, 0) is 25.8 Å². The van der Waals surface area contributed by atoms with Gasteiger partial charge < -0.3 is 0 Å². The molecule has 2 unspecified atom stereocenters. The third-order valence-corrected chi connectivity index (χ3v) is 2.90. The van der Waals surface area contributed by atoms with Crippen LogP contribution in [0, 0.1) is 17.2 Å². The van der Waals surface area contributed by atoms with Gasteiger partial charge in [0.2, 0.25) is 0 Å². The fraction of sp³-hybridized carbons (Fsp3) is 0.900. The Morgan fingerprint density at radius 2 is 2.42 bits per heavy atom. The Hall–Kier alpha value is -0.550. The lowest BCUT2D eigenvalue weighted by atomic mass is 10.1. The molecule has 2 heteroatoms. The van der Waals surface area contributed by atoms with Gasteiger partial charge in [0.15, 0.2) is 0 Å². The summed E-state index contributed by atoms with van der Waals surface area (Å²) in [4.78, 5) is 2.44.